The number of rotatable bonds is 8. The van der Waals surface area contributed by atoms with Crippen molar-refractivity contribution in [1.82, 2.24) is 5.32 Å². The highest BCUT2D eigenvalue weighted by Gasteiger charge is 2.13. The van der Waals surface area contributed by atoms with Gasteiger partial charge in [-0.05, 0) is 42.7 Å². The molecule has 0 bridgehead atoms. The minimum Gasteiger partial charge on any atom is -0.482 e. The number of hydrogen-bond donors (Lipinski definition) is 1. The Kier molecular flexibility index (Phi) is 6.85. The maximum atomic E-state index is 12.0. The van der Waals surface area contributed by atoms with Crippen molar-refractivity contribution in [3.8, 4) is 5.75 Å². The van der Waals surface area contributed by atoms with Crippen molar-refractivity contribution < 1.29 is 23.5 Å². The number of nitrogens with one attached hydrogen (secondary N) is 1. The van der Waals surface area contributed by atoms with Gasteiger partial charge >= 0.3 is 11.6 Å². The van der Waals surface area contributed by atoms with Crippen LogP contribution in [-0.2, 0) is 20.7 Å². The summed E-state index contributed by atoms with van der Waals surface area (Å²) < 4.78 is 15.4. The molecule has 0 spiro atoms. The summed E-state index contributed by atoms with van der Waals surface area (Å²) >= 11 is 0. The van der Waals surface area contributed by atoms with E-state index in [9.17, 15) is 14.4 Å². The van der Waals surface area contributed by atoms with Crippen molar-refractivity contribution in [2.24, 2.45) is 0 Å². The minimum atomic E-state index is -0.681. The Morgan fingerprint density at radius 3 is 2.50 bits per heavy atom. The van der Waals surface area contributed by atoms with Crippen molar-refractivity contribution in [1.29, 1.82) is 0 Å². The summed E-state index contributed by atoms with van der Waals surface area (Å²) in [5.41, 5.74) is 2.08. The van der Waals surface area contributed by atoms with Gasteiger partial charge in [0.2, 0.25) is 0 Å². The molecule has 1 amide bonds. The first-order chi connectivity index (χ1) is 14.4. The average Bonchev–Trinajstić information content (AvgIpc) is 2.76. The molecule has 1 N–H and O–H groups in total. The number of hydrogen-bond acceptors (Lipinski definition) is 6. The van der Waals surface area contributed by atoms with Crippen LogP contribution in [0, 0.1) is 0 Å². The van der Waals surface area contributed by atoms with E-state index in [2.05, 4.69) is 12.2 Å². The summed E-state index contributed by atoms with van der Waals surface area (Å²) in [4.78, 5) is 35.2. The van der Waals surface area contributed by atoms with Gasteiger partial charge in [-0.15, -0.1) is 0 Å². The third-order valence-corrected chi connectivity index (χ3v) is 4.58. The lowest BCUT2D eigenvalue weighted by Gasteiger charge is -2.15. The van der Waals surface area contributed by atoms with Gasteiger partial charge in [0, 0.05) is 17.5 Å². The summed E-state index contributed by atoms with van der Waals surface area (Å²) in [5, 5.41) is 3.53. The summed E-state index contributed by atoms with van der Waals surface area (Å²) in [7, 11) is 0. The van der Waals surface area contributed by atoms with E-state index in [0.29, 0.717) is 11.3 Å². The topological polar surface area (TPSA) is 94.8 Å². The van der Waals surface area contributed by atoms with Gasteiger partial charge in [-0.1, -0.05) is 31.2 Å². The number of esters is 1. The second kappa shape index (κ2) is 9.73. The minimum absolute atomic E-state index is 0.203. The lowest BCUT2D eigenvalue weighted by Crippen LogP contribution is -2.31. The smallest absolute Gasteiger partial charge is 0.344 e. The molecule has 0 aliphatic rings. The zero-order valence-electron chi connectivity index (χ0n) is 16.8. The molecule has 0 saturated heterocycles. The first-order valence-electron chi connectivity index (χ1n) is 9.65. The summed E-state index contributed by atoms with van der Waals surface area (Å²) in [6, 6.07) is 15.6. The van der Waals surface area contributed by atoms with Gasteiger partial charge in [0.25, 0.3) is 5.91 Å². The fourth-order valence-electron chi connectivity index (χ4n) is 2.87. The molecule has 30 heavy (non-hydrogen) atoms. The lowest BCUT2D eigenvalue weighted by molar-refractivity contribution is -0.150. The molecule has 0 saturated carbocycles. The van der Waals surface area contributed by atoms with Crippen molar-refractivity contribution >= 4 is 22.8 Å². The first kappa shape index (κ1) is 21.1. The summed E-state index contributed by atoms with van der Waals surface area (Å²) in [5.74, 6) is -0.731. The van der Waals surface area contributed by atoms with E-state index in [1.165, 1.54) is 17.7 Å². The fraction of sp³-hybridized carbons (Fsp3) is 0.261. The van der Waals surface area contributed by atoms with Crippen LogP contribution in [0.25, 0.3) is 11.0 Å². The van der Waals surface area contributed by atoms with Gasteiger partial charge in [0.15, 0.2) is 13.2 Å². The second-order valence-electron chi connectivity index (χ2n) is 6.79. The maximum absolute atomic E-state index is 12.0. The summed E-state index contributed by atoms with van der Waals surface area (Å²) in [6.45, 7) is 3.17. The van der Waals surface area contributed by atoms with E-state index in [1.807, 2.05) is 31.2 Å². The molecule has 1 unspecified atom stereocenters. The molecular weight excluding hydrogens is 386 g/mol. The van der Waals surface area contributed by atoms with Gasteiger partial charge in [-0.3, -0.25) is 4.79 Å². The Labute approximate surface area is 173 Å². The van der Waals surface area contributed by atoms with Crippen molar-refractivity contribution in [2.45, 2.75) is 26.3 Å². The molecule has 3 aromatic rings. The number of carbonyl (C=O) groups is 2. The molecule has 3 rings (SSSR count). The van der Waals surface area contributed by atoms with Crippen LogP contribution in [-0.4, -0.2) is 25.1 Å². The Morgan fingerprint density at radius 2 is 1.77 bits per heavy atom. The van der Waals surface area contributed by atoms with Crippen LogP contribution in [0.15, 0.2) is 63.8 Å². The third kappa shape index (κ3) is 5.70. The number of ether oxygens (including phenoxy) is 2. The van der Waals surface area contributed by atoms with Crippen molar-refractivity contribution in [2.75, 3.05) is 13.2 Å². The van der Waals surface area contributed by atoms with E-state index in [-0.39, 0.29) is 12.6 Å². The van der Waals surface area contributed by atoms with Crippen LogP contribution in [0.5, 0.6) is 5.75 Å². The molecule has 0 radical (unpaired) electrons. The Bertz CT molecular complexity index is 1090. The molecular formula is C23H23NO6. The van der Waals surface area contributed by atoms with Gasteiger partial charge in [0.1, 0.15) is 11.3 Å². The van der Waals surface area contributed by atoms with Crippen LogP contribution in [0.4, 0.5) is 0 Å². The van der Waals surface area contributed by atoms with Crippen molar-refractivity contribution in [3.63, 3.8) is 0 Å². The van der Waals surface area contributed by atoms with Crippen LogP contribution < -0.4 is 15.7 Å². The van der Waals surface area contributed by atoms with Gasteiger partial charge in [-0.25, -0.2) is 9.59 Å². The fourth-order valence-corrected chi connectivity index (χ4v) is 2.87. The zero-order valence-corrected chi connectivity index (χ0v) is 16.8. The molecule has 0 fully saturated rings. The molecule has 156 valence electrons. The largest absolute Gasteiger partial charge is 0.482 e. The van der Waals surface area contributed by atoms with Crippen LogP contribution in [0.2, 0.25) is 0 Å². The van der Waals surface area contributed by atoms with Gasteiger partial charge < -0.3 is 19.2 Å². The first-order valence-corrected chi connectivity index (χ1v) is 9.65. The van der Waals surface area contributed by atoms with E-state index >= 15 is 0 Å². The predicted molar refractivity (Wildman–Crippen MR) is 111 cm³/mol. The van der Waals surface area contributed by atoms with Crippen molar-refractivity contribution in [3.05, 3.63) is 76.1 Å². The number of amides is 1. The van der Waals surface area contributed by atoms with E-state index < -0.39 is 24.1 Å². The third-order valence-electron chi connectivity index (χ3n) is 4.58. The number of benzene rings is 2. The highest BCUT2D eigenvalue weighted by atomic mass is 16.6. The molecule has 0 aliphatic heterocycles. The number of fused-ring (bicyclic) bond motifs is 1. The maximum Gasteiger partial charge on any atom is 0.344 e. The zero-order chi connectivity index (χ0) is 21.5. The quantitative estimate of drug-likeness (QED) is 0.454. The van der Waals surface area contributed by atoms with E-state index in [4.69, 9.17) is 13.9 Å². The van der Waals surface area contributed by atoms with Crippen LogP contribution in [0.1, 0.15) is 31.0 Å². The average molecular weight is 409 g/mol. The normalized spacial score (nSPS) is 11.7. The highest BCUT2D eigenvalue weighted by Crippen LogP contribution is 2.19. The number of aryl methyl sites for hydroxylation is 1. The van der Waals surface area contributed by atoms with E-state index in [1.54, 1.807) is 18.2 Å². The lowest BCUT2D eigenvalue weighted by atomic mass is 10.1. The number of carbonyl (C=O) groups excluding carboxylic acids is 2. The highest BCUT2D eigenvalue weighted by molar-refractivity contribution is 5.81. The Balaban J connectivity index is 1.44. The molecule has 2 aromatic carbocycles. The molecule has 7 heteroatoms. The molecule has 1 heterocycles. The SMILES string of the molecule is CCc1ccc(C(C)NC(=O)COC(=O)COc2ccc3ccc(=O)oc3c2)cc1. The molecule has 1 atom stereocenters. The predicted octanol–water partition coefficient (Wildman–Crippen LogP) is 3.15. The molecule has 7 nitrogen and oxygen atoms in total. The second-order valence-corrected chi connectivity index (χ2v) is 6.79. The Morgan fingerprint density at radius 1 is 1.03 bits per heavy atom. The van der Waals surface area contributed by atoms with Crippen LogP contribution >= 0.6 is 0 Å². The standard InChI is InChI=1S/C23H23NO6/c1-3-16-4-6-17(7-5-16)15(2)24-21(25)13-29-23(27)14-28-19-10-8-18-9-11-22(26)30-20(18)12-19/h4-12,15H,3,13-14H2,1-2H3,(H,24,25). The van der Waals surface area contributed by atoms with E-state index in [0.717, 1.165) is 17.4 Å². The Hall–Kier alpha value is -3.61. The summed E-state index contributed by atoms with van der Waals surface area (Å²) in [6.07, 6.45) is 0.951. The van der Waals surface area contributed by atoms with Crippen LogP contribution in [0.3, 0.4) is 0 Å². The van der Waals surface area contributed by atoms with Gasteiger partial charge in [0.05, 0.1) is 6.04 Å². The monoisotopic (exact) mass is 409 g/mol. The molecule has 1 aromatic heterocycles. The molecule has 0 aliphatic carbocycles. The van der Waals surface area contributed by atoms with Gasteiger partial charge in [-0.2, -0.15) is 0 Å².